The van der Waals surface area contributed by atoms with E-state index < -0.39 is 12.0 Å². The predicted molar refractivity (Wildman–Crippen MR) is 67.5 cm³/mol. The van der Waals surface area contributed by atoms with Gasteiger partial charge in [-0.2, -0.15) is 0 Å². The van der Waals surface area contributed by atoms with Gasteiger partial charge in [0.15, 0.2) is 0 Å². The smallest absolute Gasteiger partial charge is 0.327 e. The van der Waals surface area contributed by atoms with Gasteiger partial charge in [0.2, 0.25) is 5.91 Å². The van der Waals surface area contributed by atoms with Crippen LogP contribution in [0.5, 0.6) is 0 Å². The number of nitrogens with zero attached hydrogens (tertiary/aromatic N) is 2. The molecule has 0 spiro atoms. The number of aliphatic carboxylic acids is 1. The maximum absolute atomic E-state index is 10.9. The molecule has 0 aliphatic carbocycles. The fourth-order valence-electron chi connectivity index (χ4n) is 1.23. The molecule has 0 fully saturated rings. The van der Waals surface area contributed by atoms with Crippen LogP contribution in [-0.4, -0.2) is 38.7 Å². The van der Waals surface area contributed by atoms with Crippen molar-refractivity contribution in [1.29, 1.82) is 0 Å². The predicted octanol–water partition coefficient (Wildman–Crippen LogP) is 0.775. The molecule has 1 amide bonds. The average Bonchev–Trinajstić information content (AvgIpc) is 2.27. The minimum atomic E-state index is -1.06. The molecule has 1 atom stereocenters. The molecule has 98 valence electrons. The summed E-state index contributed by atoms with van der Waals surface area (Å²) < 4.78 is 0. The number of carboxylic acids is 1. The number of amides is 1. The second kappa shape index (κ2) is 6.34. The number of hydrogen-bond donors (Lipinski definition) is 2. The number of carbonyl (C=O) groups excluding carboxylic acids is 1. The van der Waals surface area contributed by atoms with Crippen molar-refractivity contribution in [2.75, 3.05) is 5.75 Å². The summed E-state index contributed by atoms with van der Waals surface area (Å²) in [5, 5.41) is 12.0. The van der Waals surface area contributed by atoms with Crippen molar-refractivity contribution in [1.82, 2.24) is 15.3 Å². The summed E-state index contributed by atoms with van der Waals surface area (Å²) in [5.74, 6) is -1.21. The van der Waals surface area contributed by atoms with Crippen LogP contribution in [0.3, 0.4) is 0 Å². The Hall–Kier alpha value is -1.63. The Kier molecular flexibility index (Phi) is 5.08. The Labute approximate surface area is 109 Å². The highest BCUT2D eigenvalue weighted by Crippen LogP contribution is 2.19. The number of aromatic nitrogens is 2. The third kappa shape index (κ3) is 4.33. The molecule has 2 N–H and O–H groups in total. The number of aryl methyl sites for hydroxylation is 2. The van der Waals surface area contributed by atoms with Crippen LogP contribution in [-0.2, 0) is 9.59 Å². The summed E-state index contributed by atoms with van der Waals surface area (Å²) in [5.41, 5.74) is 1.52. The number of thioether (sulfide) groups is 1. The molecule has 1 rings (SSSR count). The first kappa shape index (κ1) is 14.4. The highest BCUT2D eigenvalue weighted by atomic mass is 32.2. The third-order valence-corrected chi connectivity index (χ3v) is 3.25. The van der Waals surface area contributed by atoms with E-state index in [1.165, 1.54) is 18.7 Å². The van der Waals surface area contributed by atoms with E-state index in [4.69, 9.17) is 5.11 Å². The minimum Gasteiger partial charge on any atom is -0.480 e. The Morgan fingerprint density at radius 2 is 2.17 bits per heavy atom. The van der Waals surface area contributed by atoms with E-state index in [2.05, 4.69) is 15.3 Å². The van der Waals surface area contributed by atoms with Crippen molar-refractivity contribution < 1.29 is 14.7 Å². The van der Waals surface area contributed by atoms with Crippen LogP contribution in [0.25, 0.3) is 0 Å². The maximum atomic E-state index is 10.9. The highest BCUT2D eigenvalue weighted by molar-refractivity contribution is 7.99. The number of nitrogens with one attached hydrogen (secondary N) is 1. The van der Waals surface area contributed by atoms with Gasteiger partial charge in [-0.3, -0.25) is 9.78 Å². The third-order valence-electron chi connectivity index (χ3n) is 2.09. The van der Waals surface area contributed by atoms with E-state index >= 15 is 0 Å². The van der Waals surface area contributed by atoms with Gasteiger partial charge >= 0.3 is 5.97 Å². The topological polar surface area (TPSA) is 92.2 Å². The molecule has 1 unspecified atom stereocenters. The van der Waals surface area contributed by atoms with Crippen LogP contribution < -0.4 is 5.32 Å². The summed E-state index contributed by atoms with van der Waals surface area (Å²) >= 11 is 1.27. The second-order valence-corrected chi connectivity index (χ2v) is 4.81. The molecule has 0 aliphatic heterocycles. The molecule has 18 heavy (non-hydrogen) atoms. The molecule has 0 aliphatic rings. The van der Waals surface area contributed by atoms with Gasteiger partial charge in [-0.05, 0) is 13.8 Å². The number of carboxylic acid groups (broad SMARTS) is 1. The lowest BCUT2D eigenvalue weighted by atomic mass is 10.3. The van der Waals surface area contributed by atoms with Gasteiger partial charge in [0.1, 0.15) is 11.1 Å². The Morgan fingerprint density at radius 1 is 1.50 bits per heavy atom. The fourth-order valence-corrected chi connectivity index (χ4v) is 2.26. The quantitative estimate of drug-likeness (QED) is 0.767. The number of carbonyl (C=O) groups is 2. The van der Waals surface area contributed by atoms with Crippen molar-refractivity contribution in [3.8, 4) is 0 Å². The van der Waals surface area contributed by atoms with E-state index in [0.717, 1.165) is 11.4 Å². The van der Waals surface area contributed by atoms with Crippen LogP contribution in [0.4, 0.5) is 0 Å². The molecule has 7 heteroatoms. The van der Waals surface area contributed by atoms with Crippen LogP contribution >= 0.6 is 11.8 Å². The van der Waals surface area contributed by atoms with Gasteiger partial charge < -0.3 is 10.4 Å². The van der Waals surface area contributed by atoms with E-state index in [1.54, 1.807) is 6.20 Å². The summed E-state index contributed by atoms with van der Waals surface area (Å²) in [6, 6.07) is -0.922. The van der Waals surface area contributed by atoms with Crippen molar-refractivity contribution in [3.05, 3.63) is 17.6 Å². The monoisotopic (exact) mass is 269 g/mol. The van der Waals surface area contributed by atoms with E-state index in [1.807, 2.05) is 13.8 Å². The minimum absolute atomic E-state index is 0.216. The lowest BCUT2D eigenvalue weighted by Crippen LogP contribution is -2.41. The first-order chi connectivity index (χ1) is 8.40. The molecule has 0 aromatic carbocycles. The molecule has 1 aromatic rings. The fraction of sp³-hybridized carbons (Fsp3) is 0.455. The molecular weight excluding hydrogens is 254 g/mol. The largest absolute Gasteiger partial charge is 0.480 e. The van der Waals surface area contributed by atoms with Crippen LogP contribution in [0.1, 0.15) is 18.3 Å². The SMILES string of the molecule is CC(=O)NC(CSc1nc(C)cnc1C)C(=O)O. The lowest BCUT2D eigenvalue weighted by Gasteiger charge is -2.13. The molecule has 6 nitrogen and oxygen atoms in total. The highest BCUT2D eigenvalue weighted by Gasteiger charge is 2.19. The van der Waals surface area contributed by atoms with Gasteiger partial charge in [-0.25, -0.2) is 9.78 Å². The maximum Gasteiger partial charge on any atom is 0.327 e. The number of rotatable bonds is 5. The zero-order valence-electron chi connectivity index (χ0n) is 10.4. The van der Waals surface area contributed by atoms with Crippen molar-refractivity contribution in [2.45, 2.75) is 31.8 Å². The van der Waals surface area contributed by atoms with Gasteiger partial charge in [-0.1, -0.05) is 0 Å². The van der Waals surface area contributed by atoms with Crippen LogP contribution in [0.15, 0.2) is 11.2 Å². The van der Waals surface area contributed by atoms with Crippen LogP contribution in [0, 0.1) is 13.8 Å². The zero-order valence-corrected chi connectivity index (χ0v) is 11.2. The molecule has 1 aromatic heterocycles. The van der Waals surface area contributed by atoms with Crippen molar-refractivity contribution >= 4 is 23.6 Å². The Balaban J connectivity index is 2.69. The second-order valence-electron chi connectivity index (χ2n) is 3.80. The normalized spacial score (nSPS) is 11.9. The molecule has 0 saturated heterocycles. The van der Waals surface area contributed by atoms with Crippen molar-refractivity contribution in [3.63, 3.8) is 0 Å². The van der Waals surface area contributed by atoms with Crippen molar-refractivity contribution in [2.24, 2.45) is 0 Å². The zero-order chi connectivity index (χ0) is 13.7. The van der Waals surface area contributed by atoms with E-state index in [0.29, 0.717) is 5.03 Å². The Morgan fingerprint density at radius 3 is 2.72 bits per heavy atom. The summed E-state index contributed by atoms with van der Waals surface area (Å²) in [7, 11) is 0. The molecule has 0 bridgehead atoms. The molecule has 1 heterocycles. The summed E-state index contributed by atoms with van der Waals surface area (Å²) in [6.45, 7) is 4.92. The van der Waals surface area contributed by atoms with Gasteiger partial charge in [-0.15, -0.1) is 11.8 Å². The van der Waals surface area contributed by atoms with Gasteiger partial charge in [0, 0.05) is 18.9 Å². The van der Waals surface area contributed by atoms with E-state index in [9.17, 15) is 9.59 Å². The average molecular weight is 269 g/mol. The molecule has 0 saturated carbocycles. The first-order valence-electron chi connectivity index (χ1n) is 5.33. The lowest BCUT2D eigenvalue weighted by molar-refractivity contribution is -0.140. The molecule has 0 radical (unpaired) electrons. The van der Waals surface area contributed by atoms with Gasteiger partial charge in [0.25, 0.3) is 0 Å². The van der Waals surface area contributed by atoms with E-state index in [-0.39, 0.29) is 11.7 Å². The molecular formula is C11H15N3O3S. The first-order valence-corrected chi connectivity index (χ1v) is 6.31. The summed E-state index contributed by atoms with van der Waals surface area (Å²) in [4.78, 5) is 30.2. The Bertz CT molecular complexity index is 465. The van der Waals surface area contributed by atoms with Gasteiger partial charge in [0.05, 0.1) is 11.4 Å². The number of hydrogen-bond acceptors (Lipinski definition) is 5. The standard InChI is InChI=1S/C11H15N3O3S/c1-6-4-12-7(2)10(13-6)18-5-9(11(16)17)14-8(3)15/h4,9H,5H2,1-3H3,(H,14,15)(H,16,17). The summed E-state index contributed by atoms with van der Waals surface area (Å²) in [6.07, 6.45) is 1.65. The van der Waals surface area contributed by atoms with Crippen LogP contribution in [0.2, 0.25) is 0 Å².